The molecule has 1 aromatic heterocycles. The Balaban J connectivity index is 1.95. The van der Waals surface area contributed by atoms with Crippen molar-refractivity contribution < 1.29 is 19.0 Å². The summed E-state index contributed by atoms with van der Waals surface area (Å²) in [6.07, 6.45) is 10.7. The number of carbonyl (C=O) groups excluding carboxylic acids is 1. The van der Waals surface area contributed by atoms with Crippen LogP contribution < -0.4 is 19.3 Å². The van der Waals surface area contributed by atoms with Crippen LogP contribution in [0.5, 0.6) is 11.5 Å². The number of pyridine rings is 1. The zero-order valence-electron chi connectivity index (χ0n) is 29.1. The Morgan fingerprint density at radius 2 is 1.13 bits per heavy atom. The van der Waals surface area contributed by atoms with Crippen molar-refractivity contribution in [2.45, 2.75) is 98.5 Å². The van der Waals surface area contributed by atoms with Crippen molar-refractivity contribution in [3.05, 3.63) is 77.1 Å². The van der Waals surface area contributed by atoms with E-state index in [-0.39, 0.29) is 0 Å². The van der Waals surface area contributed by atoms with E-state index in [0.717, 1.165) is 100 Å². The minimum atomic E-state index is -1.34. The van der Waals surface area contributed by atoms with Crippen LogP contribution in [0.3, 0.4) is 0 Å². The fourth-order valence-corrected chi connectivity index (χ4v) is 6.29. The van der Waals surface area contributed by atoms with Gasteiger partial charge in [0.05, 0.1) is 18.8 Å². The van der Waals surface area contributed by atoms with Gasteiger partial charge in [0.1, 0.15) is 17.2 Å². The summed E-state index contributed by atoms with van der Waals surface area (Å²) in [5.41, 5.74) is 3.39. The molecule has 0 unspecified atom stereocenters. The van der Waals surface area contributed by atoms with E-state index in [2.05, 4.69) is 73.9 Å². The number of hydrogen-bond donors (Lipinski definition) is 0. The van der Waals surface area contributed by atoms with Crippen LogP contribution in [0.15, 0.2) is 54.7 Å². The number of rotatable bonds is 20. The number of nitrogens with zero attached hydrogens (tertiary/aromatic N) is 3. The zero-order chi connectivity index (χ0) is 32.9. The molecule has 4 rings (SSSR count). The average Bonchev–Trinajstić information content (AvgIpc) is 3.37. The molecule has 0 saturated carbocycles. The van der Waals surface area contributed by atoms with E-state index in [9.17, 15) is 4.79 Å². The summed E-state index contributed by atoms with van der Waals surface area (Å²) in [5, 5.41) is 0. The summed E-state index contributed by atoms with van der Waals surface area (Å²) in [5.74, 6) is 0.966. The summed E-state index contributed by atoms with van der Waals surface area (Å²) in [6, 6.07) is 16.2. The summed E-state index contributed by atoms with van der Waals surface area (Å²) in [6.45, 7) is 17.7. The highest BCUT2D eigenvalue weighted by Gasteiger charge is 2.53. The predicted molar refractivity (Wildman–Crippen MR) is 189 cm³/mol. The molecule has 2 aromatic carbocycles. The van der Waals surface area contributed by atoms with Gasteiger partial charge in [-0.1, -0.05) is 53.4 Å². The lowest BCUT2D eigenvalue weighted by Crippen LogP contribution is -2.33. The standard InChI is InChI=1S/C39H55N3O4/c1-7-13-24-41(25-14-8-2)30-19-21-33(35(28-30)44-11-5)39(37-32(38(43)46-39)18-17-23-40-37)34-22-20-31(29-36(34)45-12-6)42(26-15-9-3)27-16-10-4/h17-23,28-29H,7-16,24-27H2,1-6H3. The van der Waals surface area contributed by atoms with Crippen LogP contribution in [0.25, 0.3) is 0 Å². The van der Waals surface area contributed by atoms with Gasteiger partial charge in [-0.2, -0.15) is 0 Å². The molecule has 0 saturated heterocycles. The molecule has 1 aliphatic heterocycles. The SMILES string of the molecule is CCCCN(CCCC)c1ccc(C2(c3ccc(N(CCCC)CCCC)cc3OCC)OC(=O)c3cccnc32)c(OCC)c1. The third kappa shape index (κ3) is 7.62. The molecule has 0 N–H and O–H groups in total. The number of hydrogen-bond acceptors (Lipinski definition) is 7. The zero-order valence-corrected chi connectivity index (χ0v) is 29.1. The van der Waals surface area contributed by atoms with Gasteiger partial charge in [-0.25, -0.2) is 4.79 Å². The van der Waals surface area contributed by atoms with E-state index in [0.29, 0.717) is 36.0 Å². The first-order valence-corrected chi connectivity index (χ1v) is 17.7. The van der Waals surface area contributed by atoms with Crippen LogP contribution in [-0.2, 0) is 10.3 Å². The lowest BCUT2D eigenvalue weighted by Gasteiger charge is -2.34. The Morgan fingerprint density at radius 1 is 0.674 bits per heavy atom. The molecule has 0 fully saturated rings. The second-order valence-electron chi connectivity index (χ2n) is 12.1. The van der Waals surface area contributed by atoms with Crippen molar-refractivity contribution in [2.24, 2.45) is 0 Å². The lowest BCUT2D eigenvalue weighted by atomic mass is 9.81. The number of anilines is 2. The second kappa shape index (κ2) is 17.3. The molecule has 0 spiro atoms. The van der Waals surface area contributed by atoms with Gasteiger partial charge in [0.15, 0.2) is 0 Å². The molecule has 0 radical (unpaired) electrons. The van der Waals surface area contributed by atoms with Crippen molar-refractivity contribution in [3.8, 4) is 11.5 Å². The normalized spacial score (nSPS) is 13.3. The molecular formula is C39H55N3O4. The van der Waals surface area contributed by atoms with Crippen LogP contribution in [0.2, 0.25) is 0 Å². The Bertz CT molecular complexity index is 1320. The van der Waals surface area contributed by atoms with Gasteiger partial charge >= 0.3 is 5.97 Å². The van der Waals surface area contributed by atoms with Gasteiger partial charge in [-0.3, -0.25) is 4.98 Å². The first-order valence-electron chi connectivity index (χ1n) is 17.7. The molecule has 0 amide bonds. The molecule has 0 atom stereocenters. The molecule has 3 aromatic rings. The van der Waals surface area contributed by atoms with E-state index in [1.807, 2.05) is 13.8 Å². The number of unbranched alkanes of at least 4 members (excludes halogenated alkanes) is 4. The van der Waals surface area contributed by atoms with Crippen LogP contribution >= 0.6 is 0 Å². The summed E-state index contributed by atoms with van der Waals surface area (Å²) >= 11 is 0. The number of carbonyl (C=O) groups is 1. The van der Waals surface area contributed by atoms with Gasteiger partial charge in [-0.05, 0) is 75.9 Å². The van der Waals surface area contributed by atoms with Crippen LogP contribution in [0, 0.1) is 0 Å². The van der Waals surface area contributed by atoms with Crippen LogP contribution in [0.4, 0.5) is 11.4 Å². The highest BCUT2D eigenvalue weighted by Crippen LogP contribution is 2.52. The van der Waals surface area contributed by atoms with E-state index < -0.39 is 11.6 Å². The van der Waals surface area contributed by atoms with E-state index >= 15 is 0 Å². The minimum absolute atomic E-state index is 0.402. The third-order valence-electron chi connectivity index (χ3n) is 8.75. The maximum atomic E-state index is 13.6. The monoisotopic (exact) mass is 629 g/mol. The third-order valence-corrected chi connectivity index (χ3v) is 8.75. The first kappa shape index (κ1) is 35.1. The van der Waals surface area contributed by atoms with Crippen molar-refractivity contribution in [2.75, 3.05) is 49.2 Å². The minimum Gasteiger partial charge on any atom is -0.493 e. The summed E-state index contributed by atoms with van der Waals surface area (Å²) in [4.78, 5) is 23.3. The van der Waals surface area contributed by atoms with Crippen LogP contribution in [-0.4, -0.2) is 50.3 Å². The number of benzene rings is 2. The molecule has 0 bridgehead atoms. The topological polar surface area (TPSA) is 64.1 Å². The largest absolute Gasteiger partial charge is 0.493 e. The van der Waals surface area contributed by atoms with Gasteiger partial charge in [0, 0.05) is 67.0 Å². The Morgan fingerprint density at radius 3 is 1.54 bits per heavy atom. The number of fused-ring (bicyclic) bond motifs is 1. The number of cyclic esters (lactones) is 1. The summed E-state index contributed by atoms with van der Waals surface area (Å²) in [7, 11) is 0. The van der Waals surface area contributed by atoms with Crippen molar-refractivity contribution >= 4 is 17.3 Å². The van der Waals surface area contributed by atoms with E-state index in [1.165, 1.54) is 0 Å². The highest BCUT2D eigenvalue weighted by atomic mass is 16.6. The summed E-state index contributed by atoms with van der Waals surface area (Å²) < 4.78 is 19.3. The number of esters is 1. The average molecular weight is 630 g/mol. The Labute approximate surface area is 277 Å². The quantitative estimate of drug-likeness (QED) is 0.116. The lowest BCUT2D eigenvalue weighted by molar-refractivity contribution is 0.0228. The number of ether oxygens (including phenoxy) is 3. The molecular weight excluding hydrogens is 574 g/mol. The van der Waals surface area contributed by atoms with Gasteiger partial charge in [0.2, 0.25) is 5.60 Å². The molecule has 0 aliphatic carbocycles. The maximum absolute atomic E-state index is 13.6. The van der Waals surface area contributed by atoms with Crippen molar-refractivity contribution in [3.63, 3.8) is 0 Å². The Hall–Kier alpha value is -3.74. The molecule has 2 heterocycles. The van der Waals surface area contributed by atoms with Gasteiger partial charge < -0.3 is 24.0 Å². The first-order chi connectivity index (χ1) is 22.5. The smallest absolute Gasteiger partial charge is 0.341 e. The van der Waals surface area contributed by atoms with Crippen molar-refractivity contribution in [1.82, 2.24) is 4.98 Å². The maximum Gasteiger partial charge on any atom is 0.341 e. The van der Waals surface area contributed by atoms with Crippen LogP contribution in [0.1, 0.15) is 120 Å². The van der Waals surface area contributed by atoms with E-state index in [4.69, 9.17) is 19.2 Å². The fourth-order valence-electron chi connectivity index (χ4n) is 6.29. The van der Waals surface area contributed by atoms with Crippen molar-refractivity contribution in [1.29, 1.82) is 0 Å². The molecule has 7 nitrogen and oxygen atoms in total. The number of aromatic nitrogens is 1. The highest BCUT2D eigenvalue weighted by molar-refractivity contribution is 5.96. The fraction of sp³-hybridized carbons (Fsp3) is 0.538. The molecule has 46 heavy (non-hydrogen) atoms. The molecule has 7 heteroatoms. The van der Waals surface area contributed by atoms with Gasteiger partial charge in [0.25, 0.3) is 0 Å². The van der Waals surface area contributed by atoms with Gasteiger partial charge in [-0.15, -0.1) is 0 Å². The Kier molecular flexibility index (Phi) is 13.2. The predicted octanol–water partition coefficient (Wildman–Crippen LogP) is 9.15. The molecule has 250 valence electrons. The molecule has 1 aliphatic rings. The van der Waals surface area contributed by atoms with E-state index in [1.54, 1.807) is 18.3 Å². The second-order valence-corrected chi connectivity index (χ2v) is 12.1.